The Morgan fingerprint density at radius 1 is 1.28 bits per heavy atom. The smallest absolute Gasteiger partial charge is 0.404 e. The molecule has 0 unspecified atom stereocenters. The van der Waals surface area contributed by atoms with E-state index in [-0.39, 0.29) is 17.3 Å². The van der Waals surface area contributed by atoms with Crippen molar-refractivity contribution in [3.05, 3.63) is 23.8 Å². The first kappa shape index (κ1) is 11.4. The number of nitrogens with one attached hydrogen (secondary N) is 1. The van der Waals surface area contributed by atoms with Crippen LogP contribution in [0.5, 0.6) is 5.75 Å². The Hall–Kier alpha value is -1.72. The first-order chi connectivity index (χ1) is 8.42. The summed E-state index contributed by atoms with van der Waals surface area (Å²) in [4.78, 5) is 11.9. The van der Waals surface area contributed by atoms with Crippen LogP contribution in [0.1, 0.15) is 24.8 Å². The Morgan fingerprint density at radius 3 is 2.56 bits per heavy atom. The molecule has 1 aromatic carbocycles. The summed E-state index contributed by atoms with van der Waals surface area (Å²) in [7, 11) is 0. The third kappa shape index (κ3) is 1.48. The average Bonchev–Trinajstić information content (AvgIpc) is 2.48. The minimum Gasteiger partial charge on any atom is -0.404 e. The molecule has 0 aromatic heterocycles. The highest BCUT2D eigenvalue weighted by atomic mass is 19.4. The van der Waals surface area contributed by atoms with E-state index in [0.29, 0.717) is 18.4 Å². The van der Waals surface area contributed by atoms with E-state index in [1.54, 1.807) is 6.07 Å². The van der Waals surface area contributed by atoms with Crippen LogP contribution in [-0.2, 0) is 10.2 Å². The summed E-state index contributed by atoms with van der Waals surface area (Å²) in [5.41, 5.74) is 0.167. The highest BCUT2D eigenvalue weighted by Crippen LogP contribution is 2.53. The van der Waals surface area contributed by atoms with Crippen molar-refractivity contribution in [1.29, 1.82) is 0 Å². The van der Waals surface area contributed by atoms with Crippen LogP contribution in [0.2, 0.25) is 0 Å². The summed E-state index contributed by atoms with van der Waals surface area (Å²) >= 11 is 0. The summed E-state index contributed by atoms with van der Waals surface area (Å²) < 4.78 is 40.7. The number of halogens is 3. The number of hydrogen-bond donors (Lipinski definition) is 1. The molecule has 1 N–H and O–H groups in total. The lowest BCUT2D eigenvalue weighted by Gasteiger charge is -2.36. The van der Waals surface area contributed by atoms with Crippen molar-refractivity contribution in [1.82, 2.24) is 0 Å². The first-order valence-corrected chi connectivity index (χ1v) is 5.63. The third-order valence-corrected chi connectivity index (χ3v) is 3.65. The summed E-state index contributed by atoms with van der Waals surface area (Å²) in [6.07, 6.45) is -2.48. The summed E-state index contributed by atoms with van der Waals surface area (Å²) in [5, 5.41) is 2.52. The van der Waals surface area contributed by atoms with Gasteiger partial charge in [-0.25, -0.2) is 0 Å². The van der Waals surface area contributed by atoms with Crippen LogP contribution < -0.4 is 10.1 Å². The van der Waals surface area contributed by atoms with Gasteiger partial charge >= 0.3 is 6.36 Å². The molecule has 1 amide bonds. The molecule has 1 heterocycles. The molecule has 1 saturated carbocycles. The molecular weight excluding hydrogens is 247 g/mol. The molecule has 3 rings (SSSR count). The van der Waals surface area contributed by atoms with Crippen LogP contribution in [0, 0.1) is 0 Å². The largest absolute Gasteiger partial charge is 0.573 e. The van der Waals surface area contributed by atoms with Crippen LogP contribution in [0.3, 0.4) is 0 Å². The molecule has 1 fully saturated rings. The number of carbonyl (C=O) groups excluding carboxylic acids is 1. The minimum absolute atomic E-state index is 0.166. The lowest BCUT2D eigenvalue weighted by atomic mass is 9.65. The molecule has 3 nitrogen and oxygen atoms in total. The van der Waals surface area contributed by atoms with Gasteiger partial charge in [-0.3, -0.25) is 4.79 Å². The van der Waals surface area contributed by atoms with Crippen LogP contribution in [0.25, 0.3) is 0 Å². The second-order valence-electron chi connectivity index (χ2n) is 4.62. The fourth-order valence-corrected chi connectivity index (χ4v) is 2.65. The number of fused-ring (bicyclic) bond motifs is 2. The fourth-order valence-electron chi connectivity index (χ4n) is 2.65. The van der Waals surface area contributed by atoms with Crippen molar-refractivity contribution >= 4 is 11.6 Å². The highest BCUT2D eigenvalue weighted by Gasteiger charge is 2.52. The van der Waals surface area contributed by atoms with Crippen molar-refractivity contribution in [3.8, 4) is 5.75 Å². The molecule has 18 heavy (non-hydrogen) atoms. The van der Waals surface area contributed by atoms with Gasteiger partial charge in [0.25, 0.3) is 0 Å². The van der Waals surface area contributed by atoms with E-state index in [0.717, 1.165) is 6.42 Å². The van der Waals surface area contributed by atoms with Gasteiger partial charge in [0.05, 0.1) is 11.1 Å². The van der Waals surface area contributed by atoms with Crippen molar-refractivity contribution in [3.63, 3.8) is 0 Å². The second kappa shape index (κ2) is 3.40. The number of alkyl halides is 3. The predicted octanol–water partition coefficient (Wildman–Crippen LogP) is 2.96. The molecule has 0 bridgehead atoms. The molecule has 1 aliphatic carbocycles. The zero-order chi connectivity index (χ0) is 13.0. The fraction of sp³-hybridized carbons (Fsp3) is 0.417. The molecule has 0 atom stereocenters. The average molecular weight is 257 g/mol. The standard InChI is InChI=1S/C12H10F3NO2/c13-12(14,15)18-8-4-1-3-7-9(8)16-10(17)11(7)5-2-6-11/h1,3-4H,2,5-6H2,(H,16,17). The van der Waals surface area contributed by atoms with Crippen LogP contribution in [-0.4, -0.2) is 12.3 Å². The summed E-state index contributed by atoms with van der Waals surface area (Å²) in [6, 6.07) is 4.39. The molecule has 6 heteroatoms. The van der Waals surface area contributed by atoms with E-state index in [9.17, 15) is 18.0 Å². The summed E-state index contributed by atoms with van der Waals surface area (Å²) in [5.74, 6) is -0.556. The van der Waals surface area contributed by atoms with Gasteiger partial charge in [0.1, 0.15) is 0 Å². The molecule has 96 valence electrons. The Labute approximate surface area is 101 Å². The van der Waals surface area contributed by atoms with Crippen molar-refractivity contribution in [2.24, 2.45) is 0 Å². The third-order valence-electron chi connectivity index (χ3n) is 3.65. The van der Waals surface area contributed by atoms with Gasteiger partial charge in [0, 0.05) is 0 Å². The quantitative estimate of drug-likeness (QED) is 0.840. The van der Waals surface area contributed by atoms with Gasteiger partial charge in [0.2, 0.25) is 5.91 Å². The van der Waals surface area contributed by atoms with Gasteiger partial charge in [-0.1, -0.05) is 18.6 Å². The van der Waals surface area contributed by atoms with Crippen LogP contribution in [0.4, 0.5) is 18.9 Å². The Balaban J connectivity index is 2.05. The lowest BCUT2D eigenvalue weighted by molar-refractivity contribution is -0.274. The predicted molar refractivity (Wildman–Crippen MR) is 57.3 cm³/mol. The van der Waals surface area contributed by atoms with Gasteiger partial charge in [-0.2, -0.15) is 0 Å². The molecule has 1 aliphatic heterocycles. The van der Waals surface area contributed by atoms with E-state index < -0.39 is 11.8 Å². The Bertz CT molecular complexity index is 521. The van der Waals surface area contributed by atoms with Gasteiger partial charge in [0.15, 0.2) is 5.75 Å². The van der Waals surface area contributed by atoms with E-state index in [1.807, 2.05) is 0 Å². The van der Waals surface area contributed by atoms with Crippen molar-refractivity contribution in [2.75, 3.05) is 5.32 Å². The topological polar surface area (TPSA) is 38.3 Å². The number of para-hydroxylation sites is 1. The number of ether oxygens (including phenoxy) is 1. The van der Waals surface area contributed by atoms with E-state index in [1.165, 1.54) is 12.1 Å². The van der Waals surface area contributed by atoms with Gasteiger partial charge in [-0.15, -0.1) is 13.2 Å². The number of rotatable bonds is 1. The van der Waals surface area contributed by atoms with Crippen molar-refractivity contribution < 1.29 is 22.7 Å². The van der Waals surface area contributed by atoms with Crippen molar-refractivity contribution in [2.45, 2.75) is 31.0 Å². The maximum absolute atomic E-state index is 12.3. The molecular formula is C12H10F3NO2. The van der Waals surface area contributed by atoms with Gasteiger partial charge in [-0.05, 0) is 24.5 Å². The Morgan fingerprint density at radius 2 is 2.00 bits per heavy atom. The zero-order valence-electron chi connectivity index (χ0n) is 9.30. The number of anilines is 1. The second-order valence-corrected chi connectivity index (χ2v) is 4.62. The zero-order valence-corrected chi connectivity index (χ0v) is 9.30. The number of carbonyl (C=O) groups is 1. The molecule has 1 spiro atoms. The number of hydrogen-bond acceptors (Lipinski definition) is 2. The molecule has 0 saturated heterocycles. The molecule has 1 aromatic rings. The normalized spacial score (nSPS) is 20.3. The van der Waals surface area contributed by atoms with E-state index in [2.05, 4.69) is 10.1 Å². The maximum atomic E-state index is 12.3. The SMILES string of the molecule is O=C1Nc2c(OC(F)(F)F)cccc2C12CCC2. The number of amides is 1. The van der Waals surface area contributed by atoms with Gasteiger partial charge < -0.3 is 10.1 Å². The lowest BCUT2D eigenvalue weighted by Crippen LogP contribution is -2.40. The monoisotopic (exact) mass is 257 g/mol. The van der Waals surface area contributed by atoms with E-state index >= 15 is 0 Å². The molecule has 2 aliphatic rings. The summed E-state index contributed by atoms with van der Waals surface area (Å²) in [6.45, 7) is 0. The van der Waals surface area contributed by atoms with Crippen LogP contribution in [0.15, 0.2) is 18.2 Å². The minimum atomic E-state index is -4.75. The molecule has 0 radical (unpaired) electrons. The van der Waals surface area contributed by atoms with E-state index in [4.69, 9.17) is 0 Å². The maximum Gasteiger partial charge on any atom is 0.573 e. The first-order valence-electron chi connectivity index (χ1n) is 5.63. The Kier molecular flexibility index (Phi) is 2.15. The number of benzene rings is 1. The van der Waals surface area contributed by atoms with Crippen LogP contribution >= 0.6 is 0 Å². The highest BCUT2D eigenvalue weighted by molar-refractivity contribution is 6.08.